The number of benzene rings is 1. The van der Waals surface area contributed by atoms with Gasteiger partial charge in [-0.2, -0.15) is 5.10 Å². The third-order valence-corrected chi connectivity index (χ3v) is 2.64. The van der Waals surface area contributed by atoms with E-state index in [0.717, 1.165) is 16.5 Å². The number of halogens is 1. The Labute approximate surface area is 87.5 Å². The van der Waals surface area contributed by atoms with Gasteiger partial charge >= 0.3 is 0 Å². The molecule has 1 heterocycles. The summed E-state index contributed by atoms with van der Waals surface area (Å²) >= 11 is 5.95. The Kier molecular flexibility index (Phi) is 2.21. The average Bonchev–Trinajstić information content (AvgIpc) is 2.42. The predicted molar refractivity (Wildman–Crippen MR) is 58.3 cm³/mol. The normalized spacial score (nSPS) is 13.4. The third-order valence-electron chi connectivity index (χ3n) is 2.36. The van der Waals surface area contributed by atoms with Gasteiger partial charge in [0.15, 0.2) is 5.15 Å². The molecule has 0 amide bonds. The van der Waals surface area contributed by atoms with Gasteiger partial charge in [0.2, 0.25) is 0 Å². The van der Waals surface area contributed by atoms with Gasteiger partial charge in [-0.1, -0.05) is 17.7 Å². The molecular weight excluding hydrogens is 198 g/mol. The molecule has 4 heteroatoms. The first-order chi connectivity index (χ1) is 6.59. The number of nitrogens with two attached hydrogens (primary N) is 1. The molecule has 0 fully saturated rings. The molecule has 1 aromatic heterocycles. The summed E-state index contributed by atoms with van der Waals surface area (Å²) < 4.78 is 1.77. The number of aryl methyl sites for hydroxylation is 1. The van der Waals surface area contributed by atoms with Gasteiger partial charge in [0.05, 0.1) is 5.52 Å². The predicted octanol–water partition coefficient (Wildman–Crippen LogP) is 2.25. The smallest absolute Gasteiger partial charge is 0.158 e. The van der Waals surface area contributed by atoms with Gasteiger partial charge in [-0.15, -0.1) is 0 Å². The van der Waals surface area contributed by atoms with E-state index in [1.54, 1.807) is 4.68 Å². The highest BCUT2D eigenvalue weighted by Crippen LogP contribution is 2.24. The van der Waals surface area contributed by atoms with Crippen LogP contribution < -0.4 is 5.73 Å². The summed E-state index contributed by atoms with van der Waals surface area (Å²) in [5, 5.41) is 5.64. The van der Waals surface area contributed by atoms with Gasteiger partial charge < -0.3 is 5.73 Å². The molecule has 0 saturated heterocycles. The Balaban J connectivity index is 2.71. The maximum atomic E-state index is 5.95. The van der Waals surface area contributed by atoms with E-state index in [4.69, 9.17) is 17.3 Å². The van der Waals surface area contributed by atoms with Crippen molar-refractivity contribution in [2.24, 2.45) is 12.8 Å². The standard InChI is InChI=1S/C10H12ClN3/c1-6(12)7-3-4-8-9(5-7)14(2)13-10(8)11/h3-6H,12H2,1-2H3. The van der Waals surface area contributed by atoms with Crippen LogP contribution in [0.1, 0.15) is 18.5 Å². The van der Waals surface area contributed by atoms with E-state index in [-0.39, 0.29) is 6.04 Å². The van der Waals surface area contributed by atoms with Crippen LogP contribution in [-0.2, 0) is 7.05 Å². The fourth-order valence-corrected chi connectivity index (χ4v) is 1.79. The molecule has 2 aromatic rings. The van der Waals surface area contributed by atoms with E-state index in [2.05, 4.69) is 5.10 Å². The van der Waals surface area contributed by atoms with Crippen molar-refractivity contribution < 1.29 is 0 Å². The lowest BCUT2D eigenvalue weighted by molar-refractivity contribution is 0.790. The molecule has 0 saturated carbocycles. The Bertz CT molecular complexity index is 473. The van der Waals surface area contributed by atoms with Crippen molar-refractivity contribution in [3.63, 3.8) is 0 Å². The van der Waals surface area contributed by atoms with Crippen LogP contribution in [0.3, 0.4) is 0 Å². The highest BCUT2D eigenvalue weighted by molar-refractivity contribution is 6.34. The van der Waals surface area contributed by atoms with E-state index in [0.29, 0.717) is 5.15 Å². The van der Waals surface area contributed by atoms with Gasteiger partial charge in [-0.3, -0.25) is 4.68 Å². The minimum Gasteiger partial charge on any atom is -0.324 e. The molecular formula is C10H12ClN3. The fourth-order valence-electron chi connectivity index (χ4n) is 1.51. The zero-order valence-electron chi connectivity index (χ0n) is 8.16. The highest BCUT2D eigenvalue weighted by atomic mass is 35.5. The second-order valence-corrected chi connectivity index (χ2v) is 3.84. The molecule has 3 nitrogen and oxygen atoms in total. The van der Waals surface area contributed by atoms with Crippen LogP contribution >= 0.6 is 11.6 Å². The van der Waals surface area contributed by atoms with Crippen molar-refractivity contribution >= 4 is 22.5 Å². The first kappa shape index (κ1) is 9.49. The number of aromatic nitrogens is 2. The van der Waals surface area contributed by atoms with E-state index in [1.165, 1.54) is 0 Å². The van der Waals surface area contributed by atoms with Crippen molar-refractivity contribution in [3.05, 3.63) is 28.9 Å². The summed E-state index contributed by atoms with van der Waals surface area (Å²) in [6.45, 7) is 1.96. The number of hydrogen-bond acceptors (Lipinski definition) is 2. The molecule has 0 aliphatic heterocycles. The summed E-state index contributed by atoms with van der Waals surface area (Å²) in [5.74, 6) is 0. The second-order valence-electron chi connectivity index (χ2n) is 3.48. The minimum absolute atomic E-state index is 0.0353. The maximum absolute atomic E-state index is 5.95. The van der Waals surface area contributed by atoms with Gasteiger partial charge in [-0.05, 0) is 24.6 Å². The third kappa shape index (κ3) is 1.38. The second kappa shape index (κ2) is 3.26. The summed E-state index contributed by atoms with van der Waals surface area (Å²) in [7, 11) is 1.87. The topological polar surface area (TPSA) is 43.8 Å². The van der Waals surface area contributed by atoms with Gasteiger partial charge in [0.25, 0.3) is 0 Å². The first-order valence-corrected chi connectivity index (χ1v) is 4.85. The minimum atomic E-state index is 0.0353. The molecule has 74 valence electrons. The summed E-state index contributed by atoms with van der Waals surface area (Å²) in [6, 6.07) is 6.01. The molecule has 0 aliphatic rings. The molecule has 2 rings (SSSR count). The van der Waals surface area contributed by atoms with Crippen LogP contribution in [-0.4, -0.2) is 9.78 Å². The van der Waals surface area contributed by atoms with E-state index < -0.39 is 0 Å². The Morgan fingerprint density at radius 2 is 2.21 bits per heavy atom. The van der Waals surface area contributed by atoms with Crippen molar-refractivity contribution in [1.82, 2.24) is 9.78 Å². The lowest BCUT2D eigenvalue weighted by Gasteiger charge is -2.05. The van der Waals surface area contributed by atoms with E-state index in [1.807, 2.05) is 32.2 Å². The van der Waals surface area contributed by atoms with Crippen LogP contribution in [0.25, 0.3) is 10.9 Å². The van der Waals surface area contributed by atoms with E-state index >= 15 is 0 Å². The summed E-state index contributed by atoms with van der Waals surface area (Å²) in [4.78, 5) is 0. The van der Waals surface area contributed by atoms with Crippen LogP contribution in [0.2, 0.25) is 5.15 Å². The molecule has 2 N–H and O–H groups in total. The van der Waals surface area contributed by atoms with E-state index in [9.17, 15) is 0 Å². The Morgan fingerprint density at radius 3 is 2.86 bits per heavy atom. The average molecular weight is 210 g/mol. The van der Waals surface area contributed by atoms with Gasteiger partial charge in [-0.25, -0.2) is 0 Å². The molecule has 0 radical (unpaired) electrons. The lowest BCUT2D eigenvalue weighted by Crippen LogP contribution is -2.04. The highest BCUT2D eigenvalue weighted by Gasteiger charge is 2.08. The van der Waals surface area contributed by atoms with Gasteiger partial charge in [0, 0.05) is 18.5 Å². The van der Waals surface area contributed by atoms with Gasteiger partial charge in [0.1, 0.15) is 0 Å². The quantitative estimate of drug-likeness (QED) is 0.783. The Morgan fingerprint density at radius 1 is 1.50 bits per heavy atom. The monoisotopic (exact) mass is 209 g/mol. The molecule has 1 unspecified atom stereocenters. The zero-order valence-corrected chi connectivity index (χ0v) is 8.92. The van der Waals surface area contributed by atoms with Crippen molar-refractivity contribution in [2.75, 3.05) is 0 Å². The van der Waals surface area contributed by atoms with Crippen molar-refractivity contribution in [1.29, 1.82) is 0 Å². The Hall–Kier alpha value is -1.06. The molecule has 0 spiro atoms. The SMILES string of the molecule is CC(N)c1ccc2c(Cl)nn(C)c2c1. The largest absolute Gasteiger partial charge is 0.324 e. The molecule has 14 heavy (non-hydrogen) atoms. The molecule has 0 aliphatic carbocycles. The number of hydrogen-bond donors (Lipinski definition) is 1. The van der Waals surface area contributed by atoms with Crippen molar-refractivity contribution in [3.8, 4) is 0 Å². The number of fused-ring (bicyclic) bond motifs is 1. The van der Waals surface area contributed by atoms with Crippen molar-refractivity contribution in [2.45, 2.75) is 13.0 Å². The first-order valence-electron chi connectivity index (χ1n) is 4.47. The molecule has 1 atom stereocenters. The molecule has 0 bridgehead atoms. The van der Waals surface area contributed by atoms with Crippen LogP contribution in [0.15, 0.2) is 18.2 Å². The molecule has 1 aromatic carbocycles. The van der Waals surface area contributed by atoms with Crippen LogP contribution in [0.5, 0.6) is 0 Å². The lowest BCUT2D eigenvalue weighted by atomic mass is 10.1. The van der Waals surface area contributed by atoms with Crippen LogP contribution in [0, 0.1) is 0 Å². The number of rotatable bonds is 1. The summed E-state index contributed by atoms with van der Waals surface area (Å²) in [5.41, 5.74) is 7.91. The number of nitrogens with zero attached hydrogens (tertiary/aromatic N) is 2. The maximum Gasteiger partial charge on any atom is 0.158 e. The zero-order chi connectivity index (χ0) is 10.3. The summed E-state index contributed by atoms with van der Waals surface area (Å²) in [6.07, 6.45) is 0. The fraction of sp³-hybridized carbons (Fsp3) is 0.300. The van der Waals surface area contributed by atoms with Crippen LogP contribution in [0.4, 0.5) is 0 Å².